The van der Waals surface area contributed by atoms with Crippen molar-refractivity contribution in [2.75, 3.05) is 18.1 Å². The van der Waals surface area contributed by atoms with Crippen molar-refractivity contribution in [1.29, 1.82) is 0 Å². The predicted molar refractivity (Wildman–Crippen MR) is 87.3 cm³/mol. The lowest BCUT2D eigenvalue weighted by Gasteiger charge is -2.22. The van der Waals surface area contributed by atoms with Gasteiger partial charge in [-0.2, -0.15) is 0 Å². The SMILES string of the molecule is NC(=O)CCS(=O)(=O)CCN(Cc1c(F)cccc1Cl)C1CC1. The van der Waals surface area contributed by atoms with Crippen LogP contribution in [0, 0.1) is 5.82 Å². The number of hydrogen-bond donors (Lipinski definition) is 1. The number of hydrogen-bond acceptors (Lipinski definition) is 4. The van der Waals surface area contributed by atoms with E-state index in [9.17, 15) is 17.6 Å². The third-order valence-corrected chi connectivity index (χ3v) is 5.82. The molecule has 0 heterocycles. The van der Waals surface area contributed by atoms with Crippen molar-refractivity contribution < 1.29 is 17.6 Å². The molecule has 0 spiro atoms. The molecule has 0 radical (unpaired) electrons. The van der Waals surface area contributed by atoms with Crippen LogP contribution in [0.4, 0.5) is 4.39 Å². The summed E-state index contributed by atoms with van der Waals surface area (Å²) in [6.45, 7) is 0.567. The topological polar surface area (TPSA) is 80.5 Å². The number of carbonyl (C=O) groups excluding carboxylic acids is 1. The molecule has 1 fully saturated rings. The zero-order valence-electron chi connectivity index (χ0n) is 12.7. The van der Waals surface area contributed by atoms with Crippen LogP contribution < -0.4 is 5.73 Å². The maximum absolute atomic E-state index is 13.9. The Labute approximate surface area is 140 Å². The fourth-order valence-corrected chi connectivity index (χ4v) is 3.78. The predicted octanol–water partition coefficient (Wildman–Crippen LogP) is 1.73. The molecular formula is C15H20ClFN2O3S. The highest BCUT2D eigenvalue weighted by atomic mass is 35.5. The summed E-state index contributed by atoms with van der Waals surface area (Å²) in [7, 11) is -3.36. The van der Waals surface area contributed by atoms with Crippen molar-refractivity contribution in [3.63, 3.8) is 0 Å². The molecule has 1 aliphatic rings. The minimum Gasteiger partial charge on any atom is -0.370 e. The molecule has 0 aliphatic heterocycles. The third-order valence-electron chi connectivity index (χ3n) is 3.84. The zero-order valence-corrected chi connectivity index (χ0v) is 14.2. The molecule has 0 atom stereocenters. The number of halogens is 2. The molecule has 5 nitrogen and oxygen atoms in total. The molecule has 0 unspecified atom stereocenters. The number of rotatable bonds is 9. The highest BCUT2D eigenvalue weighted by Crippen LogP contribution is 2.30. The van der Waals surface area contributed by atoms with Gasteiger partial charge in [-0.15, -0.1) is 0 Å². The van der Waals surface area contributed by atoms with Gasteiger partial charge in [-0.3, -0.25) is 9.69 Å². The van der Waals surface area contributed by atoms with Crippen LogP contribution in [-0.4, -0.2) is 43.3 Å². The number of nitrogens with two attached hydrogens (primary N) is 1. The van der Waals surface area contributed by atoms with Crippen LogP contribution in [0.2, 0.25) is 5.02 Å². The molecule has 8 heteroatoms. The fourth-order valence-electron chi connectivity index (χ4n) is 2.33. The van der Waals surface area contributed by atoms with E-state index in [0.29, 0.717) is 10.6 Å². The number of carbonyl (C=O) groups is 1. The van der Waals surface area contributed by atoms with Gasteiger partial charge in [0.05, 0.1) is 11.5 Å². The Morgan fingerprint density at radius 1 is 1.35 bits per heavy atom. The molecule has 1 aliphatic carbocycles. The van der Waals surface area contributed by atoms with Gasteiger partial charge < -0.3 is 5.73 Å². The molecular weight excluding hydrogens is 343 g/mol. The van der Waals surface area contributed by atoms with Crippen molar-refractivity contribution in [3.8, 4) is 0 Å². The quantitative estimate of drug-likeness (QED) is 0.725. The number of amides is 1. The number of nitrogens with zero attached hydrogens (tertiary/aromatic N) is 1. The van der Waals surface area contributed by atoms with Crippen LogP contribution in [0.25, 0.3) is 0 Å². The first-order valence-electron chi connectivity index (χ1n) is 7.44. The van der Waals surface area contributed by atoms with Crippen LogP contribution in [0.3, 0.4) is 0 Å². The maximum atomic E-state index is 13.9. The van der Waals surface area contributed by atoms with Gasteiger partial charge in [0, 0.05) is 36.1 Å². The van der Waals surface area contributed by atoms with Crippen molar-refractivity contribution in [1.82, 2.24) is 4.90 Å². The van der Waals surface area contributed by atoms with Gasteiger partial charge in [0.15, 0.2) is 9.84 Å². The summed E-state index contributed by atoms with van der Waals surface area (Å²) in [5.74, 6) is -1.35. The van der Waals surface area contributed by atoms with E-state index < -0.39 is 15.7 Å². The summed E-state index contributed by atoms with van der Waals surface area (Å²) in [5.41, 5.74) is 5.36. The molecule has 2 rings (SSSR count). The lowest BCUT2D eigenvalue weighted by atomic mass is 10.2. The highest BCUT2D eigenvalue weighted by Gasteiger charge is 2.30. The van der Waals surface area contributed by atoms with Gasteiger partial charge in [-0.25, -0.2) is 12.8 Å². The van der Waals surface area contributed by atoms with Gasteiger partial charge in [0.25, 0.3) is 0 Å². The van der Waals surface area contributed by atoms with Gasteiger partial charge in [0.1, 0.15) is 5.82 Å². The second-order valence-corrected chi connectivity index (χ2v) is 8.48. The monoisotopic (exact) mass is 362 g/mol. The summed E-state index contributed by atoms with van der Waals surface area (Å²) in [6, 6.07) is 4.76. The average molecular weight is 363 g/mol. The molecule has 0 saturated heterocycles. The first-order chi connectivity index (χ1) is 10.8. The van der Waals surface area contributed by atoms with Crippen molar-refractivity contribution in [3.05, 3.63) is 34.6 Å². The summed E-state index contributed by atoms with van der Waals surface area (Å²) in [5, 5.41) is 0.340. The Morgan fingerprint density at radius 3 is 2.61 bits per heavy atom. The summed E-state index contributed by atoms with van der Waals surface area (Å²) in [6.07, 6.45) is 1.76. The smallest absolute Gasteiger partial charge is 0.218 e. The Morgan fingerprint density at radius 2 is 2.04 bits per heavy atom. The van der Waals surface area contributed by atoms with Gasteiger partial charge in [-0.05, 0) is 25.0 Å². The largest absolute Gasteiger partial charge is 0.370 e. The summed E-state index contributed by atoms with van der Waals surface area (Å²) < 4.78 is 37.8. The Bertz CT molecular complexity index is 657. The number of sulfone groups is 1. The van der Waals surface area contributed by atoms with Crippen molar-refractivity contribution in [2.24, 2.45) is 5.73 Å². The molecule has 1 saturated carbocycles. The number of primary amides is 1. The molecule has 2 N–H and O–H groups in total. The lowest BCUT2D eigenvalue weighted by Crippen LogP contribution is -2.32. The second kappa shape index (κ2) is 7.59. The second-order valence-electron chi connectivity index (χ2n) is 5.77. The van der Waals surface area contributed by atoms with Crippen LogP contribution >= 0.6 is 11.6 Å². The number of benzene rings is 1. The fraction of sp³-hybridized carbons (Fsp3) is 0.533. The molecule has 1 amide bonds. The average Bonchev–Trinajstić information content (AvgIpc) is 3.29. The van der Waals surface area contributed by atoms with Crippen molar-refractivity contribution in [2.45, 2.75) is 31.8 Å². The molecule has 0 aromatic heterocycles. The van der Waals surface area contributed by atoms with Gasteiger partial charge in [-0.1, -0.05) is 17.7 Å². The van der Waals surface area contributed by atoms with E-state index in [-0.39, 0.29) is 42.9 Å². The van der Waals surface area contributed by atoms with Crippen LogP contribution in [-0.2, 0) is 21.2 Å². The van der Waals surface area contributed by atoms with E-state index in [2.05, 4.69) is 0 Å². The van der Waals surface area contributed by atoms with Crippen LogP contribution in [0.5, 0.6) is 0 Å². The Hall–Kier alpha value is -1.18. The van der Waals surface area contributed by atoms with Gasteiger partial charge in [0.2, 0.25) is 5.91 Å². The van der Waals surface area contributed by atoms with Crippen LogP contribution in [0.15, 0.2) is 18.2 Å². The van der Waals surface area contributed by atoms with E-state index in [4.69, 9.17) is 17.3 Å². The van der Waals surface area contributed by atoms with E-state index in [0.717, 1.165) is 12.8 Å². The molecule has 1 aromatic carbocycles. The van der Waals surface area contributed by atoms with E-state index in [1.54, 1.807) is 6.07 Å². The van der Waals surface area contributed by atoms with Gasteiger partial charge >= 0.3 is 0 Å². The normalized spacial score (nSPS) is 15.1. The molecule has 0 bridgehead atoms. The Kier molecular flexibility index (Phi) is 6.00. The van der Waals surface area contributed by atoms with E-state index >= 15 is 0 Å². The molecule has 1 aromatic rings. The third kappa shape index (κ3) is 5.75. The summed E-state index contributed by atoms with van der Waals surface area (Å²) >= 11 is 6.04. The first-order valence-corrected chi connectivity index (χ1v) is 9.64. The Balaban J connectivity index is 1.99. The standard InChI is InChI=1S/C15H20ClFN2O3S/c16-13-2-1-3-14(17)12(13)10-19(11-4-5-11)7-9-23(21,22)8-6-15(18)20/h1-3,11H,4-10H2,(H2,18,20). The van der Waals surface area contributed by atoms with E-state index in [1.807, 2.05) is 4.90 Å². The molecule has 128 valence electrons. The first kappa shape index (κ1) is 18.2. The maximum Gasteiger partial charge on any atom is 0.218 e. The highest BCUT2D eigenvalue weighted by molar-refractivity contribution is 7.91. The van der Waals surface area contributed by atoms with E-state index in [1.165, 1.54) is 12.1 Å². The van der Waals surface area contributed by atoms with Crippen LogP contribution in [0.1, 0.15) is 24.8 Å². The summed E-state index contributed by atoms with van der Waals surface area (Å²) in [4.78, 5) is 12.6. The zero-order chi connectivity index (χ0) is 17.0. The van der Waals surface area contributed by atoms with Crippen molar-refractivity contribution >= 4 is 27.3 Å². The minimum absolute atomic E-state index is 0.0805. The minimum atomic E-state index is -3.36. The lowest BCUT2D eigenvalue weighted by molar-refractivity contribution is -0.117. The molecule has 23 heavy (non-hydrogen) atoms.